The Balaban J connectivity index is 1.37. The van der Waals surface area contributed by atoms with Crippen molar-refractivity contribution in [1.29, 1.82) is 0 Å². The highest BCUT2D eigenvalue weighted by Gasteiger charge is 2.44. The predicted molar refractivity (Wildman–Crippen MR) is 98.3 cm³/mol. The summed E-state index contributed by atoms with van der Waals surface area (Å²) in [5.41, 5.74) is 1.68. The Morgan fingerprint density at radius 2 is 1.86 bits per heavy atom. The lowest BCUT2D eigenvalue weighted by molar-refractivity contribution is -0.136. The topological polar surface area (TPSA) is 98.8 Å². The van der Waals surface area contributed by atoms with Gasteiger partial charge in [0.15, 0.2) is 0 Å². The molecular weight excluding hydrogens is 360 g/mol. The van der Waals surface area contributed by atoms with Gasteiger partial charge in [-0.1, -0.05) is 6.07 Å². The van der Waals surface area contributed by atoms with Gasteiger partial charge in [0.05, 0.1) is 11.1 Å². The van der Waals surface area contributed by atoms with Crippen LogP contribution in [-0.4, -0.2) is 64.6 Å². The molecule has 5 rings (SSSR count). The van der Waals surface area contributed by atoms with Crippen LogP contribution in [0.25, 0.3) is 0 Å². The molecular formula is C20H22N4O4. The summed E-state index contributed by atoms with van der Waals surface area (Å²) in [6.07, 6.45) is 2.58. The first-order valence-electron chi connectivity index (χ1n) is 9.83. The molecule has 4 heterocycles. The molecule has 4 aliphatic heterocycles. The monoisotopic (exact) mass is 382 g/mol. The minimum atomic E-state index is -0.919. The van der Waals surface area contributed by atoms with Gasteiger partial charge in [-0.05, 0) is 37.0 Å². The molecule has 3 unspecified atom stereocenters. The normalized spacial score (nSPS) is 30.0. The molecule has 8 heteroatoms. The molecule has 3 fully saturated rings. The third-order valence-electron chi connectivity index (χ3n) is 6.37. The molecule has 4 amide bonds. The third kappa shape index (κ3) is 2.75. The van der Waals surface area contributed by atoms with Crippen molar-refractivity contribution in [2.75, 3.05) is 13.1 Å². The molecule has 2 bridgehead atoms. The van der Waals surface area contributed by atoms with Crippen LogP contribution in [0.5, 0.6) is 0 Å². The summed E-state index contributed by atoms with van der Waals surface area (Å²) >= 11 is 0. The van der Waals surface area contributed by atoms with Crippen molar-refractivity contribution in [2.24, 2.45) is 0 Å². The molecule has 4 aliphatic rings. The molecule has 0 aromatic heterocycles. The van der Waals surface area contributed by atoms with Crippen molar-refractivity contribution in [3.8, 4) is 0 Å². The maximum atomic E-state index is 12.9. The summed E-state index contributed by atoms with van der Waals surface area (Å²) < 4.78 is 0. The fourth-order valence-electron chi connectivity index (χ4n) is 4.86. The van der Waals surface area contributed by atoms with E-state index in [1.54, 1.807) is 12.1 Å². The summed E-state index contributed by atoms with van der Waals surface area (Å²) in [6.45, 7) is 2.76. The smallest absolute Gasteiger partial charge is 0.262 e. The van der Waals surface area contributed by atoms with Crippen molar-refractivity contribution < 1.29 is 19.2 Å². The minimum absolute atomic E-state index is 0.125. The van der Waals surface area contributed by atoms with Crippen LogP contribution < -0.4 is 10.6 Å². The largest absolute Gasteiger partial charge is 0.312 e. The number of hydrogen-bond donors (Lipinski definition) is 2. The van der Waals surface area contributed by atoms with Gasteiger partial charge in [-0.15, -0.1) is 0 Å². The number of rotatable bonds is 3. The zero-order valence-corrected chi connectivity index (χ0v) is 15.4. The van der Waals surface area contributed by atoms with E-state index in [1.807, 2.05) is 6.07 Å². The van der Waals surface area contributed by atoms with Gasteiger partial charge in [-0.3, -0.25) is 34.3 Å². The Kier molecular flexibility index (Phi) is 4.06. The van der Waals surface area contributed by atoms with Gasteiger partial charge in [-0.25, -0.2) is 0 Å². The average molecular weight is 382 g/mol. The molecule has 8 nitrogen and oxygen atoms in total. The van der Waals surface area contributed by atoms with E-state index in [0.717, 1.165) is 42.9 Å². The number of imide groups is 2. The molecule has 146 valence electrons. The molecule has 0 radical (unpaired) electrons. The Labute approximate surface area is 162 Å². The Morgan fingerprint density at radius 1 is 1.04 bits per heavy atom. The average Bonchev–Trinajstić information content (AvgIpc) is 3.18. The quantitative estimate of drug-likeness (QED) is 0.716. The second-order valence-electron chi connectivity index (χ2n) is 8.08. The number of hydrogen-bond acceptors (Lipinski definition) is 6. The number of benzene rings is 1. The fourth-order valence-corrected chi connectivity index (χ4v) is 4.86. The van der Waals surface area contributed by atoms with E-state index in [4.69, 9.17) is 0 Å². The summed E-state index contributed by atoms with van der Waals surface area (Å²) in [5.74, 6) is -1.85. The fraction of sp³-hybridized carbons (Fsp3) is 0.500. The van der Waals surface area contributed by atoms with Gasteiger partial charge in [0.25, 0.3) is 11.8 Å². The van der Waals surface area contributed by atoms with Gasteiger partial charge in [0.2, 0.25) is 11.8 Å². The van der Waals surface area contributed by atoms with Gasteiger partial charge in [0, 0.05) is 38.1 Å². The molecule has 1 aromatic rings. The molecule has 2 N–H and O–H groups in total. The van der Waals surface area contributed by atoms with E-state index in [1.165, 1.54) is 0 Å². The van der Waals surface area contributed by atoms with Crippen LogP contribution in [0, 0.1) is 0 Å². The van der Waals surface area contributed by atoms with Crippen LogP contribution in [0.15, 0.2) is 18.2 Å². The number of nitrogens with zero attached hydrogens (tertiary/aromatic N) is 2. The standard InChI is InChI=1S/C20H22N4O4/c25-17-4-3-16(18(26)22-17)24-19(27)14-2-1-11(7-15(14)20(24)28)10-23-6-5-12-8-13(23)9-21-12/h1-2,7,12-13,16,21H,3-6,8-10H2,(H,22,25,26). The third-order valence-corrected chi connectivity index (χ3v) is 6.37. The first-order valence-corrected chi connectivity index (χ1v) is 9.83. The minimum Gasteiger partial charge on any atom is -0.312 e. The van der Waals surface area contributed by atoms with Crippen LogP contribution in [0.4, 0.5) is 0 Å². The summed E-state index contributed by atoms with van der Waals surface area (Å²) in [6, 6.07) is 5.60. The second-order valence-corrected chi connectivity index (χ2v) is 8.08. The summed E-state index contributed by atoms with van der Waals surface area (Å²) in [4.78, 5) is 52.6. The lowest BCUT2D eigenvalue weighted by atomic mass is 10.0. The maximum absolute atomic E-state index is 12.9. The van der Waals surface area contributed by atoms with Crippen molar-refractivity contribution in [1.82, 2.24) is 20.4 Å². The van der Waals surface area contributed by atoms with E-state index in [9.17, 15) is 19.2 Å². The van der Waals surface area contributed by atoms with E-state index >= 15 is 0 Å². The Hall–Kier alpha value is -2.58. The molecule has 0 saturated carbocycles. The number of likely N-dealkylation sites (tertiary alicyclic amines) is 1. The van der Waals surface area contributed by atoms with Crippen LogP contribution >= 0.6 is 0 Å². The SMILES string of the molecule is O=C1CCC(N2C(=O)c3ccc(CN4CCC5CC4CN5)cc3C2=O)C(=O)N1. The number of amides is 4. The Bertz CT molecular complexity index is 898. The maximum Gasteiger partial charge on any atom is 0.262 e. The highest BCUT2D eigenvalue weighted by molar-refractivity contribution is 6.23. The second kappa shape index (κ2) is 6.49. The molecule has 3 saturated heterocycles. The zero-order valence-electron chi connectivity index (χ0n) is 15.4. The first kappa shape index (κ1) is 17.5. The van der Waals surface area contributed by atoms with Crippen molar-refractivity contribution in [2.45, 2.75) is 50.4 Å². The van der Waals surface area contributed by atoms with Crippen LogP contribution in [-0.2, 0) is 16.1 Å². The van der Waals surface area contributed by atoms with Gasteiger partial charge < -0.3 is 5.32 Å². The predicted octanol–water partition coefficient (Wildman–Crippen LogP) is 0.0240. The van der Waals surface area contributed by atoms with E-state index < -0.39 is 23.8 Å². The number of carbonyl (C=O) groups excluding carboxylic acids is 4. The number of nitrogens with one attached hydrogen (secondary N) is 2. The molecule has 0 aliphatic carbocycles. The van der Waals surface area contributed by atoms with Gasteiger partial charge >= 0.3 is 0 Å². The van der Waals surface area contributed by atoms with Crippen LogP contribution in [0.3, 0.4) is 0 Å². The molecule has 3 atom stereocenters. The molecule has 1 aromatic carbocycles. The van der Waals surface area contributed by atoms with E-state index in [0.29, 0.717) is 23.2 Å². The highest BCUT2D eigenvalue weighted by Crippen LogP contribution is 2.30. The molecule has 0 spiro atoms. The first-order chi connectivity index (χ1) is 13.5. The summed E-state index contributed by atoms with van der Waals surface area (Å²) in [5, 5.41) is 5.75. The van der Waals surface area contributed by atoms with Gasteiger partial charge in [-0.2, -0.15) is 0 Å². The number of fused-ring (bicyclic) bond motifs is 3. The van der Waals surface area contributed by atoms with Crippen molar-refractivity contribution >= 4 is 23.6 Å². The lowest BCUT2D eigenvalue weighted by Gasteiger charge is -2.32. The van der Waals surface area contributed by atoms with Crippen LogP contribution in [0.1, 0.15) is 52.0 Å². The van der Waals surface area contributed by atoms with Crippen LogP contribution in [0.2, 0.25) is 0 Å². The van der Waals surface area contributed by atoms with E-state index in [2.05, 4.69) is 15.5 Å². The highest BCUT2D eigenvalue weighted by atomic mass is 16.2. The molecule has 28 heavy (non-hydrogen) atoms. The lowest BCUT2D eigenvalue weighted by Crippen LogP contribution is -2.54. The Morgan fingerprint density at radius 3 is 2.68 bits per heavy atom. The summed E-state index contributed by atoms with van der Waals surface area (Å²) in [7, 11) is 0. The van der Waals surface area contributed by atoms with Gasteiger partial charge in [0.1, 0.15) is 6.04 Å². The number of piperidine rings is 2. The van der Waals surface area contributed by atoms with E-state index in [-0.39, 0.29) is 18.7 Å². The number of carbonyl (C=O) groups is 4. The van der Waals surface area contributed by atoms with Crippen molar-refractivity contribution in [3.63, 3.8) is 0 Å². The van der Waals surface area contributed by atoms with Crippen molar-refractivity contribution in [3.05, 3.63) is 34.9 Å². The zero-order chi connectivity index (χ0) is 19.4.